The van der Waals surface area contributed by atoms with Crippen molar-refractivity contribution in [3.63, 3.8) is 0 Å². The van der Waals surface area contributed by atoms with Crippen molar-refractivity contribution < 1.29 is 41.7 Å². The molecule has 64 valence electrons. The van der Waals surface area contributed by atoms with Crippen LogP contribution >= 0.6 is 0 Å². The van der Waals surface area contributed by atoms with Crippen LogP contribution in [0.1, 0.15) is 0 Å². The molecule has 0 saturated heterocycles. The van der Waals surface area contributed by atoms with E-state index >= 15 is 0 Å². The van der Waals surface area contributed by atoms with Crippen LogP contribution in [0.2, 0.25) is 0 Å². The molecular weight excluding hydrogens is 226 g/mol. The summed E-state index contributed by atoms with van der Waals surface area (Å²) in [4.78, 5) is 2.89. The van der Waals surface area contributed by atoms with E-state index in [-0.39, 0.29) is 19.5 Å². The van der Waals surface area contributed by atoms with Crippen LogP contribution in [0.25, 0.3) is 0 Å². The van der Waals surface area contributed by atoms with Crippen LogP contribution in [-0.4, -0.2) is 7.25 Å². The third-order valence-corrected chi connectivity index (χ3v) is 0.607. The number of hydrogen-bond acceptors (Lipinski definition) is 0. The average molecular weight is 232 g/mol. The fourth-order valence-corrected chi connectivity index (χ4v) is 0.342. The summed E-state index contributed by atoms with van der Waals surface area (Å²) >= 11 is 0. The summed E-state index contributed by atoms with van der Waals surface area (Å²) in [5.74, 6) is 0. The zero-order valence-corrected chi connectivity index (χ0v) is 9.15. The Hall–Kier alpha value is -0.442. The molecule has 0 radical (unpaired) electrons. The standard InChI is InChI=1S/C5H5N.BF4.Zn/c1-2-4-6-5-3-1;2-1(3,4)5;/h1-5H;;/q;-1;/p+1. The monoisotopic (exact) mass is 231 g/mol. The van der Waals surface area contributed by atoms with Crippen LogP contribution < -0.4 is 4.98 Å². The van der Waals surface area contributed by atoms with Crippen LogP contribution in [0, 0.1) is 0 Å². The van der Waals surface area contributed by atoms with Gasteiger partial charge in [-0.05, 0) is 0 Å². The molecule has 0 aromatic carbocycles. The van der Waals surface area contributed by atoms with Gasteiger partial charge in [0.1, 0.15) is 0 Å². The van der Waals surface area contributed by atoms with Crippen molar-refractivity contribution in [2.24, 2.45) is 0 Å². The van der Waals surface area contributed by atoms with Gasteiger partial charge < -0.3 is 17.3 Å². The average Bonchev–Trinajstić information content (AvgIpc) is 1.88. The zero-order chi connectivity index (χ0) is 8.74. The number of rotatable bonds is 0. The molecule has 0 aliphatic carbocycles. The van der Waals surface area contributed by atoms with E-state index in [1.54, 1.807) is 0 Å². The second-order valence-electron chi connectivity index (χ2n) is 1.57. The number of halogens is 4. The van der Waals surface area contributed by atoms with E-state index in [1.165, 1.54) is 0 Å². The van der Waals surface area contributed by atoms with E-state index < -0.39 is 7.25 Å². The largest absolute Gasteiger partial charge is 0.673 e. The van der Waals surface area contributed by atoms with Gasteiger partial charge in [0, 0.05) is 31.6 Å². The first-order valence-corrected chi connectivity index (χ1v) is 2.78. The van der Waals surface area contributed by atoms with Gasteiger partial charge in [0.2, 0.25) is 0 Å². The summed E-state index contributed by atoms with van der Waals surface area (Å²) < 4.78 is 39.0. The van der Waals surface area contributed by atoms with Gasteiger partial charge in [0.15, 0.2) is 12.4 Å². The maximum absolute atomic E-state index is 9.75. The Morgan fingerprint density at radius 3 is 1.25 bits per heavy atom. The third-order valence-electron chi connectivity index (χ3n) is 0.607. The van der Waals surface area contributed by atoms with Crippen molar-refractivity contribution in [1.29, 1.82) is 0 Å². The van der Waals surface area contributed by atoms with Gasteiger partial charge in [0.25, 0.3) is 0 Å². The maximum Gasteiger partial charge on any atom is 0.673 e. The number of aromatic amines is 1. The van der Waals surface area contributed by atoms with Crippen molar-refractivity contribution in [1.82, 2.24) is 0 Å². The fraction of sp³-hybridized carbons (Fsp3) is 0. The number of hydrogen-bond donors (Lipinski definition) is 0. The SMILES string of the molecule is F[B-](F)(F)F.[Zn].c1cc[nH+]cc1. The Morgan fingerprint density at radius 1 is 0.833 bits per heavy atom. The Bertz CT molecular complexity index is 148. The van der Waals surface area contributed by atoms with Crippen molar-refractivity contribution in [3.05, 3.63) is 30.6 Å². The minimum Gasteiger partial charge on any atom is -0.418 e. The van der Waals surface area contributed by atoms with Crippen LogP contribution in [0.5, 0.6) is 0 Å². The first kappa shape index (κ1) is 14.1. The molecule has 1 heterocycles. The quantitative estimate of drug-likeness (QED) is 0.478. The predicted octanol–water partition coefficient (Wildman–Crippen LogP) is 1.80. The van der Waals surface area contributed by atoms with Crippen LogP contribution in [0.15, 0.2) is 30.6 Å². The molecule has 12 heavy (non-hydrogen) atoms. The summed E-state index contributed by atoms with van der Waals surface area (Å²) in [5, 5.41) is 0. The summed E-state index contributed by atoms with van der Waals surface area (Å²) in [6.07, 6.45) is 3.75. The summed E-state index contributed by atoms with van der Waals surface area (Å²) in [6.45, 7) is 0. The Kier molecular flexibility index (Phi) is 8.49. The number of nitrogens with one attached hydrogen (secondary N) is 1. The van der Waals surface area contributed by atoms with E-state index in [0.29, 0.717) is 0 Å². The number of aromatic nitrogens is 1. The second kappa shape index (κ2) is 7.22. The Morgan fingerprint density at radius 2 is 1.17 bits per heavy atom. The molecule has 0 unspecified atom stereocenters. The van der Waals surface area contributed by atoms with Crippen molar-refractivity contribution >= 4 is 7.25 Å². The first-order chi connectivity index (χ1) is 5.00. The molecule has 1 nitrogen and oxygen atoms in total. The fourth-order valence-electron chi connectivity index (χ4n) is 0.342. The van der Waals surface area contributed by atoms with Gasteiger partial charge >= 0.3 is 7.25 Å². The molecule has 1 aromatic heterocycles. The topological polar surface area (TPSA) is 14.1 Å². The summed E-state index contributed by atoms with van der Waals surface area (Å²) in [6, 6.07) is 5.86. The molecule has 0 saturated carbocycles. The first-order valence-electron chi connectivity index (χ1n) is 2.78. The van der Waals surface area contributed by atoms with Gasteiger partial charge in [-0.25, -0.2) is 4.98 Å². The Labute approximate surface area is 80.1 Å². The summed E-state index contributed by atoms with van der Waals surface area (Å²) in [7, 11) is -6.00. The molecule has 7 heteroatoms. The minimum absolute atomic E-state index is 0. The van der Waals surface area contributed by atoms with Crippen LogP contribution in [0.3, 0.4) is 0 Å². The van der Waals surface area contributed by atoms with Gasteiger partial charge in [-0.1, -0.05) is 6.07 Å². The zero-order valence-electron chi connectivity index (χ0n) is 6.18. The number of pyridine rings is 1. The number of H-pyrrole nitrogens is 1. The molecular formula is C5H6BF4NZn. The smallest absolute Gasteiger partial charge is 0.418 e. The predicted molar refractivity (Wildman–Crippen MR) is 33.2 cm³/mol. The molecule has 1 aromatic rings. The molecule has 0 aliphatic heterocycles. The van der Waals surface area contributed by atoms with E-state index in [0.717, 1.165) is 0 Å². The van der Waals surface area contributed by atoms with E-state index in [2.05, 4.69) is 4.98 Å². The molecule has 0 bridgehead atoms. The van der Waals surface area contributed by atoms with Crippen molar-refractivity contribution in [3.8, 4) is 0 Å². The van der Waals surface area contributed by atoms with Crippen LogP contribution in [0.4, 0.5) is 17.3 Å². The van der Waals surface area contributed by atoms with Crippen molar-refractivity contribution in [2.75, 3.05) is 0 Å². The van der Waals surface area contributed by atoms with Gasteiger partial charge in [-0.2, -0.15) is 0 Å². The molecule has 0 aliphatic rings. The minimum atomic E-state index is -6.00. The van der Waals surface area contributed by atoms with E-state index in [4.69, 9.17) is 0 Å². The molecule has 1 N–H and O–H groups in total. The molecule has 1 rings (SSSR count). The Balaban J connectivity index is 0. The normalized spacial score (nSPS) is 9.00. The molecule has 0 fully saturated rings. The summed E-state index contributed by atoms with van der Waals surface area (Å²) in [5.41, 5.74) is 0. The maximum atomic E-state index is 9.75. The second-order valence-corrected chi connectivity index (χ2v) is 1.57. The van der Waals surface area contributed by atoms with Crippen molar-refractivity contribution in [2.45, 2.75) is 0 Å². The van der Waals surface area contributed by atoms with E-state index in [1.807, 2.05) is 30.6 Å². The van der Waals surface area contributed by atoms with Gasteiger partial charge in [0.05, 0.1) is 0 Å². The van der Waals surface area contributed by atoms with Crippen LogP contribution in [-0.2, 0) is 19.5 Å². The molecule has 0 amide bonds. The van der Waals surface area contributed by atoms with Gasteiger partial charge in [-0.15, -0.1) is 0 Å². The molecule has 0 spiro atoms. The van der Waals surface area contributed by atoms with Gasteiger partial charge in [-0.3, -0.25) is 0 Å². The molecule has 0 atom stereocenters. The van der Waals surface area contributed by atoms with E-state index in [9.17, 15) is 17.3 Å². The third kappa shape index (κ3) is 22.7.